The highest BCUT2D eigenvalue weighted by atomic mass is 16.2. The Hall–Kier alpha value is -2.77. The molecule has 3 aliphatic carbocycles. The Labute approximate surface area is 150 Å². The van der Waals surface area contributed by atoms with Crippen molar-refractivity contribution in [2.24, 2.45) is 5.92 Å². The smallest absolute Gasteiger partial charge is 0.312 e. The molecule has 0 unspecified atom stereocenters. The number of aromatic nitrogens is 4. The monoisotopic (exact) mass is 352 g/mol. The van der Waals surface area contributed by atoms with Crippen LogP contribution < -0.4 is 0 Å². The molecule has 0 N–H and O–H groups in total. The molecule has 2 amide bonds. The van der Waals surface area contributed by atoms with Crippen LogP contribution >= 0.6 is 0 Å². The van der Waals surface area contributed by atoms with E-state index >= 15 is 0 Å². The molecule has 0 atom stereocenters. The minimum atomic E-state index is -0.402. The number of hydrogen-bond acceptors (Lipinski definition) is 5. The van der Waals surface area contributed by atoms with Crippen LogP contribution in [0.15, 0.2) is 30.7 Å². The van der Waals surface area contributed by atoms with Gasteiger partial charge in [0.25, 0.3) is 0 Å². The maximum Gasteiger partial charge on any atom is 0.312 e. The van der Waals surface area contributed by atoms with Crippen molar-refractivity contribution in [3.63, 3.8) is 0 Å². The third-order valence-electron chi connectivity index (χ3n) is 6.05. The van der Waals surface area contributed by atoms with Crippen LogP contribution in [0.5, 0.6) is 0 Å². The Morgan fingerprint density at radius 3 is 2.54 bits per heavy atom. The summed E-state index contributed by atoms with van der Waals surface area (Å²) in [4.78, 5) is 34.6. The Bertz CT molecular complexity index is 836. The molecular weight excluding hydrogens is 332 g/mol. The van der Waals surface area contributed by atoms with Gasteiger partial charge in [-0.1, -0.05) is 0 Å². The molecule has 2 bridgehead atoms. The van der Waals surface area contributed by atoms with Gasteiger partial charge in [0.15, 0.2) is 0 Å². The number of amides is 2. The Morgan fingerprint density at radius 1 is 1.08 bits per heavy atom. The molecule has 3 heterocycles. The molecule has 1 aliphatic heterocycles. The van der Waals surface area contributed by atoms with Crippen molar-refractivity contribution in [2.75, 3.05) is 13.1 Å². The quantitative estimate of drug-likeness (QED) is 0.759. The highest BCUT2D eigenvalue weighted by Crippen LogP contribution is 2.55. The second-order valence-electron chi connectivity index (χ2n) is 7.55. The SMILES string of the molecule is O=C1C(=O)N(C23CCC(C2)C3)CCN1Cc1ccc(-n2nccn2)cn1. The van der Waals surface area contributed by atoms with Gasteiger partial charge in [0, 0.05) is 18.6 Å². The average molecular weight is 352 g/mol. The molecule has 8 nitrogen and oxygen atoms in total. The summed E-state index contributed by atoms with van der Waals surface area (Å²) < 4.78 is 0. The van der Waals surface area contributed by atoms with Crippen molar-refractivity contribution in [3.05, 3.63) is 36.4 Å². The van der Waals surface area contributed by atoms with Crippen molar-refractivity contribution in [2.45, 2.75) is 37.8 Å². The molecule has 8 heteroatoms. The topological polar surface area (TPSA) is 84.2 Å². The zero-order valence-corrected chi connectivity index (χ0v) is 14.4. The fraction of sp³-hybridized carbons (Fsp3) is 0.500. The Morgan fingerprint density at radius 2 is 1.88 bits per heavy atom. The minimum absolute atomic E-state index is 0.0137. The lowest BCUT2D eigenvalue weighted by Crippen LogP contribution is -2.63. The molecule has 0 radical (unpaired) electrons. The zero-order chi connectivity index (χ0) is 17.7. The average Bonchev–Trinajstić information content (AvgIpc) is 3.36. The minimum Gasteiger partial charge on any atom is -0.327 e. The van der Waals surface area contributed by atoms with E-state index in [1.54, 1.807) is 23.5 Å². The molecule has 2 aromatic rings. The van der Waals surface area contributed by atoms with Crippen molar-refractivity contribution in [1.82, 2.24) is 29.8 Å². The van der Waals surface area contributed by atoms with Crippen LogP contribution in [0, 0.1) is 5.92 Å². The molecule has 2 aromatic heterocycles. The normalized spacial score (nSPS) is 27.8. The van der Waals surface area contributed by atoms with Gasteiger partial charge in [-0.3, -0.25) is 14.6 Å². The first kappa shape index (κ1) is 15.5. The number of piperazine rings is 1. The van der Waals surface area contributed by atoms with E-state index in [4.69, 9.17) is 0 Å². The predicted molar refractivity (Wildman–Crippen MR) is 91.0 cm³/mol. The van der Waals surface area contributed by atoms with E-state index in [1.165, 1.54) is 11.2 Å². The maximum atomic E-state index is 12.6. The van der Waals surface area contributed by atoms with E-state index < -0.39 is 5.91 Å². The summed E-state index contributed by atoms with van der Waals surface area (Å²) in [6.07, 6.45) is 9.29. The predicted octanol–water partition coefficient (Wildman–Crippen LogP) is 0.776. The summed E-state index contributed by atoms with van der Waals surface area (Å²) in [6.45, 7) is 1.55. The lowest BCUT2D eigenvalue weighted by atomic mass is 9.75. The molecule has 4 fully saturated rings. The number of rotatable bonds is 4. The largest absolute Gasteiger partial charge is 0.327 e. The number of fused-ring (bicyclic) bond motifs is 1. The van der Waals surface area contributed by atoms with Gasteiger partial charge in [-0.2, -0.15) is 15.0 Å². The lowest BCUT2D eigenvalue weighted by molar-refractivity contribution is -0.163. The van der Waals surface area contributed by atoms with Gasteiger partial charge < -0.3 is 9.80 Å². The van der Waals surface area contributed by atoms with Crippen LogP contribution in [0.3, 0.4) is 0 Å². The Kier molecular flexibility index (Phi) is 3.35. The molecule has 26 heavy (non-hydrogen) atoms. The van der Waals surface area contributed by atoms with Crippen molar-refractivity contribution in [3.8, 4) is 5.69 Å². The van der Waals surface area contributed by atoms with E-state index in [2.05, 4.69) is 15.2 Å². The highest BCUT2D eigenvalue weighted by molar-refractivity contribution is 6.35. The summed E-state index contributed by atoms with van der Waals surface area (Å²) in [5.41, 5.74) is 1.49. The first-order chi connectivity index (χ1) is 12.6. The molecule has 3 saturated carbocycles. The van der Waals surface area contributed by atoms with Crippen LogP contribution in [0.25, 0.3) is 5.69 Å². The molecule has 1 saturated heterocycles. The van der Waals surface area contributed by atoms with Crippen LogP contribution in [0.2, 0.25) is 0 Å². The highest BCUT2D eigenvalue weighted by Gasteiger charge is 2.57. The van der Waals surface area contributed by atoms with Gasteiger partial charge in [0.05, 0.1) is 30.8 Å². The summed E-state index contributed by atoms with van der Waals surface area (Å²) in [5.74, 6) is 0.0254. The van der Waals surface area contributed by atoms with Crippen LogP contribution in [0.1, 0.15) is 31.4 Å². The fourth-order valence-corrected chi connectivity index (χ4v) is 4.70. The third-order valence-corrected chi connectivity index (χ3v) is 6.05. The number of carbonyl (C=O) groups excluding carboxylic acids is 2. The van der Waals surface area contributed by atoms with Gasteiger partial charge in [0.1, 0.15) is 5.69 Å². The fourth-order valence-electron chi connectivity index (χ4n) is 4.70. The third kappa shape index (κ3) is 2.32. The van der Waals surface area contributed by atoms with E-state index in [-0.39, 0.29) is 11.4 Å². The van der Waals surface area contributed by atoms with Crippen LogP contribution in [-0.4, -0.2) is 60.2 Å². The number of hydrogen-bond donors (Lipinski definition) is 0. The molecular formula is C18H20N6O2. The van der Waals surface area contributed by atoms with E-state index in [9.17, 15) is 9.59 Å². The summed E-state index contributed by atoms with van der Waals surface area (Å²) in [7, 11) is 0. The van der Waals surface area contributed by atoms with Gasteiger partial charge >= 0.3 is 11.8 Å². The van der Waals surface area contributed by atoms with Gasteiger partial charge in [0.2, 0.25) is 0 Å². The van der Waals surface area contributed by atoms with E-state index in [1.807, 2.05) is 17.0 Å². The van der Waals surface area contributed by atoms with Gasteiger partial charge in [-0.05, 0) is 43.7 Å². The van der Waals surface area contributed by atoms with Gasteiger partial charge in [-0.25, -0.2) is 0 Å². The first-order valence-electron chi connectivity index (χ1n) is 9.07. The lowest BCUT2D eigenvalue weighted by Gasteiger charge is -2.50. The van der Waals surface area contributed by atoms with Crippen LogP contribution in [-0.2, 0) is 16.1 Å². The van der Waals surface area contributed by atoms with E-state index in [0.717, 1.165) is 36.6 Å². The van der Waals surface area contributed by atoms with Crippen LogP contribution in [0.4, 0.5) is 0 Å². The summed E-state index contributed by atoms with van der Waals surface area (Å²) >= 11 is 0. The second kappa shape index (κ2) is 5.62. The summed E-state index contributed by atoms with van der Waals surface area (Å²) in [5, 5.41) is 8.12. The molecule has 0 spiro atoms. The molecule has 4 aliphatic rings. The number of pyridine rings is 1. The number of nitrogens with zero attached hydrogens (tertiary/aromatic N) is 6. The Balaban J connectivity index is 1.27. The zero-order valence-electron chi connectivity index (χ0n) is 14.4. The first-order valence-corrected chi connectivity index (χ1v) is 9.07. The second-order valence-corrected chi connectivity index (χ2v) is 7.55. The van der Waals surface area contributed by atoms with Gasteiger partial charge in [-0.15, -0.1) is 0 Å². The van der Waals surface area contributed by atoms with Crippen molar-refractivity contribution in [1.29, 1.82) is 0 Å². The van der Waals surface area contributed by atoms with Crippen molar-refractivity contribution < 1.29 is 9.59 Å². The molecule has 0 aromatic carbocycles. The molecule has 6 rings (SSSR count). The van der Waals surface area contributed by atoms with Crippen molar-refractivity contribution >= 4 is 11.8 Å². The van der Waals surface area contributed by atoms with E-state index in [0.29, 0.717) is 19.6 Å². The number of carbonyl (C=O) groups is 2. The molecule has 134 valence electrons. The summed E-state index contributed by atoms with van der Waals surface area (Å²) in [6, 6.07) is 3.70. The standard InChI is InChI=1S/C18H20N6O2/c25-16-17(26)23(18-4-3-13(9-18)10-18)8-7-22(16)12-14-1-2-15(11-19-14)24-20-5-6-21-24/h1-2,5-6,11,13H,3-4,7-10,12H2. The maximum absolute atomic E-state index is 12.6.